The number of nitrogens with one attached hydrogen (secondary N) is 1. The van der Waals surface area contributed by atoms with E-state index < -0.39 is 25.4 Å². The number of hydrogen-bond acceptors (Lipinski definition) is 7. The number of anilines is 2. The lowest BCUT2D eigenvalue weighted by atomic mass is 10.0. The van der Waals surface area contributed by atoms with E-state index in [1.54, 1.807) is 0 Å². The molecule has 0 radical (unpaired) electrons. The minimum Gasteiger partial charge on any atom is -0.394 e. The first-order valence-corrected chi connectivity index (χ1v) is 4.34. The summed E-state index contributed by atoms with van der Waals surface area (Å²) in [5.41, 5.74) is 4.22. The highest BCUT2D eigenvalue weighted by Crippen LogP contribution is 2.13. The predicted octanol–water partition coefficient (Wildman–Crippen LogP) is -1.81. The van der Waals surface area contributed by atoms with Crippen LogP contribution in [0, 0.1) is 0 Å². The fourth-order valence-corrected chi connectivity index (χ4v) is 0.981. The average molecular weight is 214 g/mol. The summed E-state index contributed by atoms with van der Waals surface area (Å²) < 4.78 is 0. The van der Waals surface area contributed by atoms with Gasteiger partial charge in [-0.2, -0.15) is 0 Å². The summed E-state index contributed by atoms with van der Waals surface area (Å²) in [6.07, 6.45) is 1.24. The summed E-state index contributed by atoms with van der Waals surface area (Å²) >= 11 is 0. The average Bonchev–Trinajstić information content (AvgIpc) is 2.26. The third-order valence-corrected chi connectivity index (χ3v) is 1.99. The van der Waals surface area contributed by atoms with Gasteiger partial charge in [0.15, 0.2) is 0 Å². The third-order valence-electron chi connectivity index (χ3n) is 1.99. The predicted molar refractivity (Wildman–Crippen MR) is 54.1 cm³/mol. The van der Waals surface area contributed by atoms with Crippen LogP contribution in [0.15, 0.2) is 12.4 Å². The van der Waals surface area contributed by atoms with Gasteiger partial charge in [0.1, 0.15) is 23.5 Å². The molecule has 0 aliphatic rings. The van der Waals surface area contributed by atoms with Crippen molar-refractivity contribution in [3.63, 3.8) is 0 Å². The van der Waals surface area contributed by atoms with E-state index in [9.17, 15) is 0 Å². The van der Waals surface area contributed by atoms with E-state index in [1.165, 1.54) is 12.4 Å². The Kier molecular flexibility index (Phi) is 3.78. The quantitative estimate of drug-likeness (QED) is 0.391. The standard InChI is InChI=1S/C8H14N4O3/c9-6-1-7(11-5-10-6)12-8(2-13,3-14)4-15/h1,5,13-15H,2-4H2,(H3,9,10,11,12). The van der Waals surface area contributed by atoms with Crippen molar-refractivity contribution in [2.24, 2.45) is 0 Å². The monoisotopic (exact) mass is 214 g/mol. The highest BCUT2D eigenvalue weighted by Gasteiger charge is 2.28. The van der Waals surface area contributed by atoms with Crippen molar-refractivity contribution >= 4 is 11.6 Å². The number of nitrogens with zero attached hydrogens (tertiary/aromatic N) is 2. The smallest absolute Gasteiger partial charge is 0.132 e. The van der Waals surface area contributed by atoms with E-state index in [4.69, 9.17) is 21.1 Å². The summed E-state index contributed by atoms with van der Waals surface area (Å²) in [6, 6.07) is 1.44. The number of nitrogen functional groups attached to an aromatic ring is 1. The summed E-state index contributed by atoms with van der Waals surface area (Å²) in [6.45, 7) is -1.28. The van der Waals surface area contributed by atoms with Crippen molar-refractivity contribution in [1.82, 2.24) is 9.97 Å². The Morgan fingerprint density at radius 2 is 1.80 bits per heavy atom. The van der Waals surface area contributed by atoms with Gasteiger partial charge in [-0.3, -0.25) is 0 Å². The molecule has 0 saturated carbocycles. The zero-order valence-corrected chi connectivity index (χ0v) is 8.09. The zero-order valence-electron chi connectivity index (χ0n) is 8.09. The molecule has 0 aliphatic heterocycles. The maximum absolute atomic E-state index is 9.05. The number of hydrogen-bond donors (Lipinski definition) is 5. The molecule has 0 spiro atoms. The minimum atomic E-state index is -1.21. The van der Waals surface area contributed by atoms with Gasteiger partial charge in [-0.1, -0.05) is 0 Å². The molecule has 1 heterocycles. The van der Waals surface area contributed by atoms with Crippen LogP contribution in [-0.2, 0) is 0 Å². The Bertz CT molecular complexity index is 308. The molecular weight excluding hydrogens is 200 g/mol. The Hall–Kier alpha value is -1.44. The maximum atomic E-state index is 9.05. The summed E-state index contributed by atoms with van der Waals surface area (Å²) in [5.74, 6) is 0.592. The lowest BCUT2D eigenvalue weighted by Gasteiger charge is -2.29. The number of aliphatic hydroxyl groups excluding tert-OH is 3. The summed E-state index contributed by atoms with van der Waals surface area (Å²) in [4.78, 5) is 7.52. The van der Waals surface area contributed by atoms with Crippen LogP contribution in [0.2, 0.25) is 0 Å². The minimum absolute atomic E-state index is 0.259. The molecule has 1 aromatic rings. The lowest BCUT2D eigenvalue weighted by molar-refractivity contribution is 0.0831. The molecule has 7 heteroatoms. The molecule has 0 atom stereocenters. The number of nitrogens with two attached hydrogens (primary N) is 1. The van der Waals surface area contributed by atoms with Crippen molar-refractivity contribution in [2.75, 3.05) is 30.9 Å². The summed E-state index contributed by atoms with van der Waals surface area (Å²) in [7, 11) is 0. The normalized spacial score (nSPS) is 11.4. The van der Waals surface area contributed by atoms with Crippen LogP contribution < -0.4 is 11.1 Å². The second kappa shape index (κ2) is 4.87. The topological polar surface area (TPSA) is 125 Å². The molecule has 7 nitrogen and oxygen atoms in total. The van der Waals surface area contributed by atoms with Gasteiger partial charge in [0.05, 0.1) is 19.8 Å². The third kappa shape index (κ3) is 2.75. The van der Waals surface area contributed by atoms with Crippen LogP contribution in [0.1, 0.15) is 0 Å². The number of aliphatic hydroxyl groups is 3. The molecule has 0 fully saturated rings. The van der Waals surface area contributed by atoms with Crippen LogP contribution in [0.5, 0.6) is 0 Å². The SMILES string of the molecule is Nc1cc(NC(CO)(CO)CO)ncn1. The first-order valence-electron chi connectivity index (χ1n) is 4.34. The fourth-order valence-electron chi connectivity index (χ4n) is 0.981. The molecule has 0 aromatic carbocycles. The van der Waals surface area contributed by atoms with Crippen molar-refractivity contribution in [3.05, 3.63) is 12.4 Å². The number of rotatable bonds is 5. The molecule has 84 valence electrons. The van der Waals surface area contributed by atoms with Crippen LogP contribution in [0.25, 0.3) is 0 Å². The van der Waals surface area contributed by atoms with Gasteiger partial charge in [0.2, 0.25) is 0 Å². The highest BCUT2D eigenvalue weighted by atomic mass is 16.3. The molecule has 15 heavy (non-hydrogen) atoms. The molecule has 0 unspecified atom stereocenters. The van der Waals surface area contributed by atoms with E-state index in [1.807, 2.05) is 0 Å². The van der Waals surface area contributed by atoms with Crippen molar-refractivity contribution < 1.29 is 15.3 Å². The highest BCUT2D eigenvalue weighted by molar-refractivity contribution is 5.45. The van der Waals surface area contributed by atoms with Crippen LogP contribution >= 0.6 is 0 Å². The van der Waals surface area contributed by atoms with Gasteiger partial charge in [0.25, 0.3) is 0 Å². The van der Waals surface area contributed by atoms with Crippen LogP contribution in [0.4, 0.5) is 11.6 Å². The molecule has 0 bridgehead atoms. The lowest BCUT2D eigenvalue weighted by Crippen LogP contribution is -2.49. The van der Waals surface area contributed by atoms with Crippen molar-refractivity contribution in [3.8, 4) is 0 Å². The molecular formula is C8H14N4O3. The molecule has 1 rings (SSSR count). The maximum Gasteiger partial charge on any atom is 0.132 e. The van der Waals surface area contributed by atoms with E-state index in [0.717, 1.165) is 0 Å². The molecule has 0 amide bonds. The van der Waals surface area contributed by atoms with Crippen molar-refractivity contribution in [2.45, 2.75) is 5.54 Å². The van der Waals surface area contributed by atoms with Crippen LogP contribution in [0.3, 0.4) is 0 Å². The van der Waals surface area contributed by atoms with Gasteiger partial charge in [0, 0.05) is 6.07 Å². The molecule has 6 N–H and O–H groups in total. The van der Waals surface area contributed by atoms with Gasteiger partial charge >= 0.3 is 0 Å². The first-order chi connectivity index (χ1) is 7.15. The molecule has 1 aromatic heterocycles. The Morgan fingerprint density at radius 1 is 1.20 bits per heavy atom. The molecule has 0 aliphatic carbocycles. The largest absolute Gasteiger partial charge is 0.394 e. The van der Waals surface area contributed by atoms with E-state index in [-0.39, 0.29) is 5.82 Å². The van der Waals surface area contributed by atoms with E-state index >= 15 is 0 Å². The van der Waals surface area contributed by atoms with Crippen LogP contribution in [-0.4, -0.2) is 50.6 Å². The van der Waals surface area contributed by atoms with E-state index in [0.29, 0.717) is 5.82 Å². The second-order valence-corrected chi connectivity index (χ2v) is 3.21. The Balaban J connectivity index is 2.82. The van der Waals surface area contributed by atoms with Gasteiger partial charge < -0.3 is 26.4 Å². The zero-order chi connectivity index (χ0) is 11.3. The van der Waals surface area contributed by atoms with Gasteiger partial charge in [-0.25, -0.2) is 9.97 Å². The first kappa shape index (κ1) is 11.6. The number of aromatic nitrogens is 2. The summed E-state index contributed by atoms with van der Waals surface area (Å²) in [5, 5.41) is 29.9. The van der Waals surface area contributed by atoms with E-state index in [2.05, 4.69) is 15.3 Å². The fraction of sp³-hybridized carbons (Fsp3) is 0.500. The Morgan fingerprint density at radius 3 is 2.27 bits per heavy atom. The molecule has 0 saturated heterocycles. The van der Waals surface area contributed by atoms with Gasteiger partial charge in [-0.05, 0) is 0 Å². The van der Waals surface area contributed by atoms with Crippen molar-refractivity contribution in [1.29, 1.82) is 0 Å². The van der Waals surface area contributed by atoms with Gasteiger partial charge in [-0.15, -0.1) is 0 Å². The Labute approximate surface area is 86.6 Å². The second-order valence-electron chi connectivity index (χ2n) is 3.21.